The molecule has 0 aliphatic heterocycles. The summed E-state index contributed by atoms with van der Waals surface area (Å²) in [5.41, 5.74) is 5.74. The Hall–Kier alpha value is -2.94. The van der Waals surface area contributed by atoms with Crippen molar-refractivity contribution in [3.8, 4) is 11.1 Å². The molecule has 0 aliphatic carbocycles. The third-order valence-electron chi connectivity index (χ3n) is 5.49. The van der Waals surface area contributed by atoms with Crippen LogP contribution in [0.15, 0.2) is 72.8 Å². The van der Waals surface area contributed by atoms with E-state index in [1.54, 1.807) is 0 Å². The summed E-state index contributed by atoms with van der Waals surface area (Å²) < 4.78 is 13.0. The van der Waals surface area contributed by atoms with Crippen molar-refractivity contribution in [2.24, 2.45) is 5.41 Å². The lowest BCUT2D eigenvalue weighted by Crippen LogP contribution is -2.25. The second-order valence-electron chi connectivity index (χ2n) is 9.50. The van der Waals surface area contributed by atoms with Crippen LogP contribution in [-0.2, 0) is 6.42 Å². The molecule has 0 aliphatic rings. The number of hydrogen-bond acceptors (Lipinski definition) is 1. The molecule has 3 aromatic carbocycles. The molecule has 3 heteroatoms. The van der Waals surface area contributed by atoms with Crippen LogP contribution in [0.3, 0.4) is 0 Å². The van der Waals surface area contributed by atoms with Crippen LogP contribution in [0, 0.1) is 11.2 Å². The highest BCUT2D eigenvalue weighted by Crippen LogP contribution is 2.31. The van der Waals surface area contributed by atoms with E-state index in [9.17, 15) is 9.18 Å². The number of nitrogens with one attached hydrogen (secondary N) is 1. The molecule has 3 aromatic rings. The quantitative estimate of drug-likeness (QED) is 0.440. The molecule has 0 spiro atoms. The van der Waals surface area contributed by atoms with Gasteiger partial charge in [0.1, 0.15) is 5.82 Å². The van der Waals surface area contributed by atoms with Gasteiger partial charge in [-0.25, -0.2) is 4.39 Å². The van der Waals surface area contributed by atoms with E-state index >= 15 is 0 Å². The van der Waals surface area contributed by atoms with Gasteiger partial charge in [-0.2, -0.15) is 0 Å². The number of halogens is 1. The summed E-state index contributed by atoms with van der Waals surface area (Å²) in [5.74, 6) is 0.0182. The lowest BCUT2D eigenvalue weighted by Gasteiger charge is -2.23. The van der Waals surface area contributed by atoms with E-state index in [0.717, 1.165) is 6.42 Å². The summed E-state index contributed by atoms with van der Waals surface area (Å²) in [6, 6.07) is 22.9. The van der Waals surface area contributed by atoms with Gasteiger partial charge in [-0.1, -0.05) is 76.2 Å². The average Bonchev–Trinajstić information content (AvgIpc) is 2.73. The van der Waals surface area contributed by atoms with Gasteiger partial charge in [0.2, 0.25) is 0 Å². The van der Waals surface area contributed by atoms with Crippen molar-refractivity contribution in [3.63, 3.8) is 0 Å². The minimum atomic E-state index is -0.342. The Morgan fingerprint density at radius 2 is 1.42 bits per heavy atom. The Morgan fingerprint density at radius 1 is 0.871 bits per heavy atom. The third-order valence-corrected chi connectivity index (χ3v) is 5.49. The van der Waals surface area contributed by atoms with Crippen molar-refractivity contribution in [2.45, 2.75) is 46.5 Å². The highest BCUT2D eigenvalue weighted by Gasteiger charge is 2.16. The molecule has 0 saturated carbocycles. The van der Waals surface area contributed by atoms with Gasteiger partial charge in [-0.05, 0) is 70.7 Å². The second kappa shape index (κ2) is 9.91. The molecule has 0 heterocycles. The molecule has 3 rings (SSSR count). The number of benzene rings is 3. The predicted octanol–water partition coefficient (Wildman–Crippen LogP) is 7.00. The van der Waals surface area contributed by atoms with Crippen LogP contribution in [0.25, 0.3) is 11.1 Å². The average molecular weight is 418 g/mol. The lowest BCUT2D eigenvalue weighted by molar-refractivity contribution is 0.0954. The van der Waals surface area contributed by atoms with Crippen LogP contribution in [0.4, 0.5) is 4.39 Å². The largest absolute Gasteiger partial charge is 0.352 e. The number of hydrogen-bond donors (Lipinski definition) is 1. The van der Waals surface area contributed by atoms with Gasteiger partial charge in [0.25, 0.3) is 5.91 Å². The second-order valence-corrected chi connectivity index (χ2v) is 9.50. The van der Waals surface area contributed by atoms with Crippen LogP contribution in [0.5, 0.6) is 0 Å². The number of carbonyl (C=O) groups excluding carboxylic acids is 1. The molecule has 2 nitrogen and oxygen atoms in total. The zero-order valence-electron chi connectivity index (χ0n) is 18.9. The van der Waals surface area contributed by atoms with Crippen molar-refractivity contribution in [1.29, 1.82) is 0 Å². The van der Waals surface area contributed by atoms with E-state index in [4.69, 9.17) is 0 Å². The monoisotopic (exact) mass is 417 g/mol. The molecular weight excluding hydrogens is 385 g/mol. The number of carbonyl (C=O) groups is 1. The Kier molecular flexibility index (Phi) is 7.27. The van der Waals surface area contributed by atoms with Crippen molar-refractivity contribution in [3.05, 3.63) is 95.3 Å². The highest BCUT2D eigenvalue weighted by atomic mass is 19.1. The molecule has 0 radical (unpaired) electrons. The van der Waals surface area contributed by atoms with Gasteiger partial charge in [0.05, 0.1) is 0 Å². The van der Waals surface area contributed by atoms with Gasteiger partial charge >= 0.3 is 0 Å². The normalized spacial score (nSPS) is 12.4. The molecule has 0 aromatic heterocycles. The van der Waals surface area contributed by atoms with Crippen LogP contribution >= 0.6 is 0 Å². The first-order valence-corrected chi connectivity index (χ1v) is 10.9. The Balaban J connectivity index is 1.54. The Morgan fingerprint density at radius 3 is 1.97 bits per heavy atom. The first kappa shape index (κ1) is 22.7. The van der Waals surface area contributed by atoms with E-state index in [-0.39, 0.29) is 11.7 Å². The maximum absolute atomic E-state index is 13.0. The summed E-state index contributed by atoms with van der Waals surface area (Å²) in [7, 11) is 0. The van der Waals surface area contributed by atoms with Gasteiger partial charge < -0.3 is 5.32 Å². The molecule has 1 amide bonds. The fourth-order valence-electron chi connectivity index (χ4n) is 3.93. The van der Waals surface area contributed by atoms with Gasteiger partial charge in [-0.15, -0.1) is 0 Å². The molecule has 0 saturated heterocycles. The summed E-state index contributed by atoms with van der Waals surface area (Å²) >= 11 is 0. The number of rotatable bonds is 7. The van der Waals surface area contributed by atoms with Crippen LogP contribution in [0.2, 0.25) is 0 Å². The molecule has 162 valence electrons. The summed E-state index contributed by atoms with van der Waals surface area (Å²) in [5, 5.41) is 2.88. The fraction of sp³-hybridized carbons (Fsp3) is 0.321. The maximum Gasteiger partial charge on any atom is 0.251 e. The third kappa shape index (κ3) is 6.78. The zero-order chi connectivity index (χ0) is 22.4. The minimum Gasteiger partial charge on any atom is -0.352 e. The van der Waals surface area contributed by atoms with E-state index in [2.05, 4.69) is 81.5 Å². The highest BCUT2D eigenvalue weighted by molar-refractivity contribution is 5.94. The lowest BCUT2D eigenvalue weighted by atomic mass is 9.82. The first-order valence-electron chi connectivity index (χ1n) is 10.9. The Labute approximate surface area is 185 Å². The van der Waals surface area contributed by atoms with E-state index in [1.165, 1.54) is 52.9 Å². The van der Waals surface area contributed by atoms with Crippen molar-refractivity contribution < 1.29 is 9.18 Å². The molecule has 1 atom stereocenters. The SMILES string of the molecule is CC(CC(C)(C)C)c1ccc(-c2ccc(CCNC(=O)c3ccc(F)cc3)cc2)cc1. The smallest absolute Gasteiger partial charge is 0.251 e. The van der Waals surface area contributed by atoms with Gasteiger partial charge in [0, 0.05) is 12.1 Å². The molecular formula is C28H32FNO. The van der Waals surface area contributed by atoms with Crippen LogP contribution in [0.1, 0.15) is 61.5 Å². The van der Waals surface area contributed by atoms with Crippen molar-refractivity contribution in [2.75, 3.05) is 6.54 Å². The zero-order valence-corrected chi connectivity index (χ0v) is 18.9. The molecule has 31 heavy (non-hydrogen) atoms. The van der Waals surface area contributed by atoms with Crippen LogP contribution in [-0.4, -0.2) is 12.5 Å². The summed E-state index contributed by atoms with van der Waals surface area (Å²) in [6.45, 7) is 9.69. The molecule has 1 N–H and O–H groups in total. The van der Waals surface area contributed by atoms with Crippen molar-refractivity contribution >= 4 is 5.91 Å². The fourth-order valence-corrected chi connectivity index (χ4v) is 3.93. The Bertz CT molecular complexity index is 983. The molecule has 0 bridgehead atoms. The van der Waals surface area contributed by atoms with Gasteiger partial charge in [0.15, 0.2) is 0 Å². The van der Waals surface area contributed by atoms with Crippen molar-refractivity contribution in [1.82, 2.24) is 5.32 Å². The predicted molar refractivity (Wildman–Crippen MR) is 127 cm³/mol. The summed E-state index contributed by atoms with van der Waals surface area (Å²) in [6.07, 6.45) is 1.91. The summed E-state index contributed by atoms with van der Waals surface area (Å²) in [4.78, 5) is 12.1. The topological polar surface area (TPSA) is 29.1 Å². The minimum absolute atomic E-state index is 0.183. The van der Waals surface area contributed by atoms with Crippen LogP contribution < -0.4 is 5.32 Å². The maximum atomic E-state index is 13.0. The first-order chi connectivity index (χ1) is 14.7. The van der Waals surface area contributed by atoms with Gasteiger partial charge in [-0.3, -0.25) is 4.79 Å². The van der Waals surface area contributed by atoms with E-state index < -0.39 is 0 Å². The number of amides is 1. The molecule has 0 fully saturated rings. The van der Waals surface area contributed by atoms with E-state index in [1.807, 2.05) is 0 Å². The molecule has 1 unspecified atom stereocenters. The van der Waals surface area contributed by atoms with E-state index in [0.29, 0.717) is 23.4 Å². The standard InChI is InChI=1S/C28H32FNO/c1-20(19-28(2,3)4)22-9-11-24(12-10-22)23-7-5-21(6-8-23)17-18-30-27(31)25-13-15-26(29)16-14-25/h5-16,20H,17-19H2,1-4H3,(H,30,31).